The quantitative estimate of drug-likeness (QED) is 0.598. The highest BCUT2D eigenvalue weighted by Crippen LogP contribution is 2.25. The number of benzene rings is 1. The first kappa shape index (κ1) is 22.0. The number of hydrogen-bond acceptors (Lipinski definition) is 7. The predicted octanol–water partition coefficient (Wildman–Crippen LogP) is 1.67. The van der Waals surface area contributed by atoms with E-state index in [0.29, 0.717) is 24.3 Å². The van der Waals surface area contributed by atoms with E-state index in [1.165, 1.54) is 20.3 Å². The summed E-state index contributed by atoms with van der Waals surface area (Å²) < 4.78 is 39.1. The zero-order valence-electron chi connectivity index (χ0n) is 16.6. The first-order valence-electron chi connectivity index (χ1n) is 9.13. The maximum Gasteiger partial charge on any atom is 0.342 e. The van der Waals surface area contributed by atoms with Crippen molar-refractivity contribution in [3.63, 3.8) is 0 Å². The second kappa shape index (κ2) is 9.27. The monoisotopic (exact) mass is 413 g/mol. The van der Waals surface area contributed by atoms with Gasteiger partial charge in [-0.25, -0.2) is 13.2 Å². The van der Waals surface area contributed by atoms with Gasteiger partial charge in [0, 0.05) is 12.1 Å². The van der Waals surface area contributed by atoms with Gasteiger partial charge in [0.1, 0.15) is 17.1 Å². The van der Waals surface area contributed by atoms with E-state index < -0.39 is 34.4 Å². The van der Waals surface area contributed by atoms with Crippen LogP contribution in [0.1, 0.15) is 37.0 Å². The van der Waals surface area contributed by atoms with Crippen LogP contribution in [-0.2, 0) is 19.4 Å². The van der Waals surface area contributed by atoms with Gasteiger partial charge in [0.05, 0.1) is 25.7 Å². The maximum absolute atomic E-state index is 12.8. The number of carbonyl (C=O) groups excluding carboxylic acids is 2. The molecule has 9 heteroatoms. The van der Waals surface area contributed by atoms with Gasteiger partial charge < -0.3 is 19.1 Å². The third-order valence-corrected chi connectivity index (χ3v) is 6.66. The minimum atomic E-state index is -3.14. The van der Waals surface area contributed by atoms with Gasteiger partial charge in [-0.15, -0.1) is 0 Å². The van der Waals surface area contributed by atoms with Gasteiger partial charge in [-0.2, -0.15) is 0 Å². The first-order valence-corrected chi connectivity index (χ1v) is 10.9. The van der Waals surface area contributed by atoms with Crippen molar-refractivity contribution >= 4 is 21.7 Å². The van der Waals surface area contributed by atoms with E-state index in [1.54, 1.807) is 17.0 Å². The largest absolute Gasteiger partial charge is 0.497 e. The molecular weight excluding hydrogens is 386 g/mol. The van der Waals surface area contributed by atoms with E-state index in [2.05, 4.69) is 0 Å². The number of hydrogen-bond donors (Lipinski definition) is 0. The Kier molecular flexibility index (Phi) is 7.29. The Morgan fingerprint density at radius 2 is 1.96 bits per heavy atom. The normalized spacial score (nSPS) is 18.9. The summed E-state index contributed by atoms with van der Waals surface area (Å²) in [5.41, 5.74) is 0.146. The summed E-state index contributed by atoms with van der Waals surface area (Å²) in [5.74, 6) is -0.353. The highest BCUT2D eigenvalue weighted by atomic mass is 32.2. The van der Waals surface area contributed by atoms with E-state index in [4.69, 9.17) is 14.2 Å². The Balaban J connectivity index is 2.11. The molecule has 28 heavy (non-hydrogen) atoms. The predicted molar refractivity (Wildman–Crippen MR) is 103 cm³/mol. The van der Waals surface area contributed by atoms with Crippen LogP contribution >= 0.6 is 0 Å². The van der Waals surface area contributed by atoms with Gasteiger partial charge in [-0.1, -0.05) is 6.92 Å². The molecule has 156 valence electrons. The number of nitrogens with zero attached hydrogens (tertiary/aromatic N) is 1. The van der Waals surface area contributed by atoms with Crippen LogP contribution in [0.5, 0.6) is 11.5 Å². The van der Waals surface area contributed by atoms with Crippen LogP contribution in [0.25, 0.3) is 0 Å². The molecule has 2 atom stereocenters. The smallest absolute Gasteiger partial charge is 0.342 e. The molecule has 1 aromatic rings. The fourth-order valence-corrected chi connectivity index (χ4v) is 4.97. The molecule has 1 saturated heterocycles. The number of methoxy groups -OCH3 is 2. The van der Waals surface area contributed by atoms with E-state index in [0.717, 1.165) is 0 Å². The van der Waals surface area contributed by atoms with Crippen molar-refractivity contribution in [1.29, 1.82) is 0 Å². The Morgan fingerprint density at radius 1 is 1.25 bits per heavy atom. The summed E-state index contributed by atoms with van der Waals surface area (Å²) in [6.07, 6.45) is 1.07. The number of amides is 1. The highest BCUT2D eigenvalue weighted by molar-refractivity contribution is 7.91. The van der Waals surface area contributed by atoms with Crippen LogP contribution in [0.3, 0.4) is 0 Å². The molecule has 2 rings (SSSR count). The molecule has 0 aromatic heterocycles. The van der Waals surface area contributed by atoms with Crippen molar-refractivity contribution in [3.8, 4) is 11.5 Å². The van der Waals surface area contributed by atoms with Gasteiger partial charge in [0.25, 0.3) is 5.91 Å². The molecule has 1 aromatic carbocycles. The van der Waals surface area contributed by atoms with Gasteiger partial charge in [-0.05, 0) is 38.0 Å². The summed E-state index contributed by atoms with van der Waals surface area (Å²) in [7, 11) is -0.241. The first-order chi connectivity index (χ1) is 13.2. The van der Waals surface area contributed by atoms with Crippen LogP contribution in [-0.4, -0.2) is 69.6 Å². The average Bonchev–Trinajstić information content (AvgIpc) is 3.04. The van der Waals surface area contributed by atoms with Gasteiger partial charge in [0.15, 0.2) is 16.4 Å². The molecule has 0 spiro atoms. The van der Waals surface area contributed by atoms with Crippen molar-refractivity contribution in [1.82, 2.24) is 4.90 Å². The lowest BCUT2D eigenvalue weighted by Crippen LogP contribution is -2.48. The lowest BCUT2D eigenvalue weighted by atomic mass is 10.1. The van der Waals surface area contributed by atoms with Crippen molar-refractivity contribution < 1.29 is 32.2 Å². The zero-order chi connectivity index (χ0) is 20.9. The molecule has 0 radical (unpaired) electrons. The fraction of sp³-hybridized carbons (Fsp3) is 0.579. The molecule has 8 nitrogen and oxygen atoms in total. The average molecular weight is 413 g/mol. The van der Waals surface area contributed by atoms with Crippen LogP contribution in [0, 0.1) is 0 Å². The maximum atomic E-state index is 12.8. The minimum Gasteiger partial charge on any atom is -0.497 e. The second-order valence-corrected chi connectivity index (χ2v) is 8.99. The molecule has 0 bridgehead atoms. The number of ether oxygens (including phenoxy) is 3. The lowest BCUT2D eigenvalue weighted by molar-refractivity contribution is -0.138. The Morgan fingerprint density at radius 3 is 2.50 bits per heavy atom. The van der Waals surface area contributed by atoms with Gasteiger partial charge in [-0.3, -0.25) is 4.79 Å². The van der Waals surface area contributed by atoms with Crippen LogP contribution in [0.15, 0.2) is 18.2 Å². The molecule has 0 saturated carbocycles. The zero-order valence-corrected chi connectivity index (χ0v) is 17.5. The summed E-state index contributed by atoms with van der Waals surface area (Å²) in [5, 5.41) is 0. The highest BCUT2D eigenvalue weighted by Gasteiger charge is 2.36. The molecular formula is C19H27NO7S. The third kappa shape index (κ3) is 5.15. The summed E-state index contributed by atoms with van der Waals surface area (Å²) in [4.78, 5) is 26.8. The van der Waals surface area contributed by atoms with Gasteiger partial charge >= 0.3 is 5.97 Å². The van der Waals surface area contributed by atoms with Crippen molar-refractivity contribution in [2.24, 2.45) is 0 Å². The molecule has 0 aliphatic carbocycles. The summed E-state index contributed by atoms with van der Waals surface area (Å²) in [6, 6.07) is 4.15. The van der Waals surface area contributed by atoms with Crippen LogP contribution in [0.2, 0.25) is 0 Å². The van der Waals surface area contributed by atoms with E-state index in [9.17, 15) is 18.0 Å². The molecule has 1 aliphatic rings. The molecule has 1 aliphatic heterocycles. The molecule has 0 unspecified atom stereocenters. The molecule has 1 heterocycles. The number of carbonyl (C=O) groups is 2. The fourth-order valence-electron chi connectivity index (χ4n) is 3.25. The number of esters is 1. The van der Waals surface area contributed by atoms with E-state index in [-0.39, 0.29) is 23.1 Å². The lowest BCUT2D eigenvalue weighted by Gasteiger charge is -2.33. The Labute approximate surface area is 165 Å². The molecule has 0 N–H and O–H groups in total. The van der Waals surface area contributed by atoms with Crippen molar-refractivity contribution in [2.45, 2.75) is 38.8 Å². The van der Waals surface area contributed by atoms with E-state index >= 15 is 0 Å². The minimum absolute atomic E-state index is 0.0548. The standard InChI is InChI=1S/C19H27NO7S/c1-5-13(2)20(14-8-9-28(23,24)12-14)18(21)11-27-19(22)16-10-15(25-3)6-7-17(16)26-4/h6-7,10,13-14H,5,8-9,11-12H2,1-4H3/t13-,14-/m1/s1. The second-order valence-electron chi connectivity index (χ2n) is 6.76. The Bertz CT molecular complexity index is 822. The molecule has 1 amide bonds. The van der Waals surface area contributed by atoms with E-state index in [1.807, 2.05) is 13.8 Å². The van der Waals surface area contributed by atoms with Crippen molar-refractivity contribution in [2.75, 3.05) is 32.3 Å². The third-order valence-electron chi connectivity index (χ3n) is 4.91. The van der Waals surface area contributed by atoms with Crippen molar-refractivity contribution in [3.05, 3.63) is 23.8 Å². The Hall–Kier alpha value is -2.29. The number of sulfone groups is 1. The van der Waals surface area contributed by atoms with Crippen LogP contribution in [0.4, 0.5) is 0 Å². The topological polar surface area (TPSA) is 99.2 Å². The van der Waals surface area contributed by atoms with Crippen LogP contribution < -0.4 is 9.47 Å². The van der Waals surface area contributed by atoms with Gasteiger partial charge in [0.2, 0.25) is 0 Å². The summed E-state index contributed by atoms with van der Waals surface area (Å²) >= 11 is 0. The summed E-state index contributed by atoms with van der Waals surface area (Å²) in [6.45, 7) is 3.30. The SMILES string of the molecule is CC[C@@H](C)N(C(=O)COC(=O)c1cc(OC)ccc1OC)[C@@H]1CCS(=O)(=O)C1. The number of rotatable bonds is 8. The molecule has 1 fully saturated rings.